The molecular weight excluding hydrogens is 384 g/mol. The molecule has 1 aromatic heterocycles. The van der Waals surface area contributed by atoms with Gasteiger partial charge in [0.05, 0.1) is 12.5 Å². The zero-order chi connectivity index (χ0) is 21.8. The molecule has 4 aromatic rings. The van der Waals surface area contributed by atoms with Gasteiger partial charge in [-0.2, -0.15) is 0 Å². The number of carbonyl (C=O) groups excluding carboxylic acids is 1. The van der Waals surface area contributed by atoms with Crippen LogP contribution in [0.1, 0.15) is 36.5 Å². The van der Waals surface area contributed by atoms with Gasteiger partial charge < -0.3 is 15.0 Å². The highest BCUT2D eigenvalue weighted by molar-refractivity contribution is 5.88. The molecule has 4 nitrogen and oxygen atoms in total. The highest BCUT2D eigenvalue weighted by Gasteiger charge is 2.30. The first-order valence-electron chi connectivity index (χ1n) is 10.5. The van der Waals surface area contributed by atoms with E-state index in [-0.39, 0.29) is 11.8 Å². The van der Waals surface area contributed by atoms with Crippen LogP contribution in [0.2, 0.25) is 0 Å². The number of fused-ring (bicyclic) bond motifs is 1. The molecule has 3 aromatic carbocycles. The Morgan fingerprint density at radius 3 is 2.35 bits per heavy atom. The standard InChI is InChI=1S/C27H28N2O2/c1-27(2,20-9-5-4-6-10-20)26(30)29-17-23(19-13-15-21(31-3)16-14-19)24-18-28-25-12-8-7-11-22(24)25/h4-16,18,23,28H,17H2,1-3H3,(H,29,30). The highest BCUT2D eigenvalue weighted by Crippen LogP contribution is 2.32. The second-order valence-corrected chi connectivity index (χ2v) is 8.32. The molecule has 0 aliphatic heterocycles. The number of H-pyrrole nitrogens is 1. The summed E-state index contributed by atoms with van der Waals surface area (Å²) in [5, 5.41) is 4.38. The fourth-order valence-corrected chi connectivity index (χ4v) is 4.03. The molecule has 2 N–H and O–H groups in total. The first kappa shape index (κ1) is 20.7. The topological polar surface area (TPSA) is 54.1 Å². The second kappa shape index (κ2) is 8.68. The molecule has 158 valence electrons. The lowest BCUT2D eigenvalue weighted by Crippen LogP contribution is -2.41. The number of benzene rings is 3. The second-order valence-electron chi connectivity index (χ2n) is 8.32. The Balaban J connectivity index is 1.64. The minimum absolute atomic E-state index is 0.0112. The van der Waals surface area contributed by atoms with E-state index in [2.05, 4.69) is 34.6 Å². The Kier molecular flexibility index (Phi) is 5.81. The molecule has 0 spiro atoms. The third kappa shape index (κ3) is 4.19. The third-order valence-electron chi connectivity index (χ3n) is 6.04. The van der Waals surface area contributed by atoms with Gasteiger partial charge in [-0.3, -0.25) is 4.79 Å². The number of para-hydroxylation sites is 1. The number of hydrogen-bond donors (Lipinski definition) is 2. The largest absolute Gasteiger partial charge is 0.497 e. The lowest BCUT2D eigenvalue weighted by molar-refractivity contribution is -0.125. The van der Waals surface area contributed by atoms with Crippen LogP contribution < -0.4 is 10.1 Å². The van der Waals surface area contributed by atoms with Crippen LogP contribution in [0.15, 0.2) is 85.1 Å². The minimum atomic E-state index is -0.619. The summed E-state index contributed by atoms with van der Waals surface area (Å²) < 4.78 is 5.33. The van der Waals surface area contributed by atoms with Crippen LogP contribution >= 0.6 is 0 Å². The van der Waals surface area contributed by atoms with Gasteiger partial charge >= 0.3 is 0 Å². The van der Waals surface area contributed by atoms with Crippen LogP contribution in [0, 0.1) is 0 Å². The van der Waals surface area contributed by atoms with E-state index in [0.29, 0.717) is 6.54 Å². The van der Waals surface area contributed by atoms with Gasteiger partial charge in [0, 0.05) is 29.6 Å². The molecule has 0 aliphatic carbocycles. The summed E-state index contributed by atoms with van der Waals surface area (Å²) >= 11 is 0. The van der Waals surface area contributed by atoms with E-state index in [1.54, 1.807) is 7.11 Å². The first-order valence-corrected chi connectivity index (χ1v) is 10.5. The van der Waals surface area contributed by atoms with Crippen molar-refractivity contribution in [3.8, 4) is 5.75 Å². The molecule has 1 amide bonds. The van der Waals surface area contributed by atoms with Crippen molar-refractivity contribution in [2.75, 3.05) is 13.7 Å². The molecule has 4 heteroatoms. The fourth-order valence-electron chi connectivity index (χ4n) is 4.03. The maximum Gasteiger partial charge on any atom is 0.230 e. The van der Waals surface area contributed by atoms with E-state index in [1.165, 1.54) is 10.9 Å². The van der Waals surface area contributed by atoms with E-state index in [1.807, 2.05) is 74.6 Å². The number of aromatic nitrogens is 1. The lowest BCUT2D eigenvalue weighted by atomic mass is 9.83. The summed E-state index contributed by atoms with van der Waals surface area (Å²) in [6.45, 7) is 4.43. The van der Waals surface area contributed by atoms with E-state index in [9.17, 15) is 4.79 Å². The molecule has 1 unspecified atom stereocenters. The van der Waals surface area contributed by atoms with Crippen LogP contribution in [0.3, 0.4) is 0 Å². The highest BCUT2D eigenvalue weighted by atomic mass is 16.5. The Hall–Kier alpha value is -3.53. The van der Waals surface area contributed by atoms with Crippen molar-refractivity contribution in [1.82, 2.24) is 10.3 Å². The van der Waals surface area contributed by atoms with Crippen molar-refractivity contribution < 1.29 is 9.53 Å². The number of hydrogen-bond acceptors (Lipinski definition) is 2. The SMILES string of the molecule is COc1ccc(C(CNC(=O)C(C)(C)c2ccccc2)c2c[nH]c3ccccc23)cc1. The quantitative estimate of drug-likeness (QED) is 0.427. The van der Waals surface area contributed by atoms with Crippen LogP contribution in [-0.4, -0.2) is 24.5 Å². The molecule has 1 heterocycles. The number of aromatic amines is 1. The van der Waals surface area contributed by atoms with Gasteiger partial charge in [-0.1, -0.05) is 60.7 Å². The zero-order valence-electron chi connectivity index (χ0n) is 18.2. The predicted molar refractivity (Wildman–Crippen MR) is 126 cm³/mol. The summed E-state index contributed by atoms with van der Waals surface area (Å²) in [5.74, 6) is 0.838. The van der Waals surface area contributed by atoms with E-state index < -0.39 is 5.41 Å². The molecule has 1 atom stereocenters. The van der Waals surface area contributed by atoms with Gasteiger partial charge in [0.25, 0.3) is 0 Å². The van der Waals surface area contributed by atoms with Crippen LogP contribution in [0.4, 0.5) is 0 Å². The van der Waals surface area contributed by atoms with Gasteiger partial charge in [-0.05, 0) is 48.7 Å². The van der Waals surface area contributed by atoms with E-state index in [4.69, 9.17) is 4.74 Å². The molecule has 0 bridgehead atoms. The molecule has 0 saturated carbocycles. The molecule has 0 radical (unpaired) electrons. The lowest BCUT2D eigenvalue weighted by Gasteiger charge is -2.26. The van der Waals surface area contributed by atoms with Crippen LogP contribution in [-0.2, 0) is 10.2 Å². The maximum absolute atomic E-state index is 13.2. The van der Waals surface area contributed by atoms with Crippen molar-refractivity contribution in [3.05, 3.63) is 102 Å². The van der Waals surface area contributed by atoms with Crippen LogP contribution in [0.25, 0.3) is 10.9 Å². The van der Waals surface area contributed by atoms with E-state index in [0.717, 1.165) is 22.4 Å². The summed E-state index contributed by atoms with van der Waals surface area (Å²) in [5.41, 5.74) is 3.76. The summed E-state index contributed by atoms with van der Waals surface area (Å²) in [6.07, 6.45) is 2.05. The van der Waals surface area contributed by atoms with Crippen molar-refractivity contribution in [1.29, 1.82) is 0 Å². The van der Waals surface area contributed by atoms with Gasteiger partial charge in [0.1, 0.15) is 5.75 Å². The Labute approximate surface area is 183 Å². The molecular formula is C27H28N2O2. The number of amides is 1. The zero-order valence-corrected chi connectivity index (χ0v) is 18.2. The summed E-state index contributed by atoms with van der Waals surface area (Å²) in [7, 11) is 1.66. The van der Waals surface area contributed by atoms with E-state index >= 15 is 0 Å². The van der Waals surface area contributed by atoms with Crippen molar-refractivity contribution in [2.24, 2.45) is 0 Å². The Morgan fingerprint density at radius 2 is 1.65 bits per heavy atom. The molecule has 0 saturated heterocycles. The third-order valence-corrected chi connectivity index (χ3v) is 6.04. The monoisotopic (exact) mass is 412 g/mol. The maximum atomic E-state index is 13.2. The number of carbonyl (C=O) groups is 1. The average molecular weight is 413 g/mol. The van der Waals surface area contributed by atoms with Crippen molar-refractivity contribution >= 4 is 16.8 Å². The van der Waals surface area contributed by atoms with Gasteiger partial charge in [0.15, 0.2) is 0 Å². The minimum Gasteiger partial charge on any atom is -0.497 e. The number of ether oxygens (including phenoxy) is 1. The molecule has 31 heavy (non-hydrogen) atoms. The van der Waals surface area contributed by atoms with Crippen LogP contribution in [0.5, 0.6) is 5.75 Å². The first-order chi connectivity index (χ1) is 15.0. The van der Waals surface area contributed by atoms with Gasteiger partial charge in [0.2, 0.25) is 5.91 Å². The van der Waals surface area contributed by atoms with Gasteiger partial charge in [-0.25, -0.2) is 0 Å². The molecule has 0 fully saturated rings. The van der Waals surface area contributed by atoms with Gasteiger partial charge in [-0.15, -0.1) is 0 Å². The van der Waals surface area contributed by atoms with Crippen molar-refractivity contribution in [3.63, 3.8) is 0 Å². The fraction of sp³-hybridized carbons (Fsp3) is 0.222. The summed E-state index contributed by atoms with van der Waals surface area (Å²) in [6, 6.07) is 26.2. The molecule has 0 aliphatic rings. The normalized spacial score (nSPS) is 12.5. The number of rotatable bonds is 7. The molecule has 4 rings (SSSR count). The summed E-state index contributed by atoms with van der Waals surface area (Å²) in [4.78, 5) is 16.6. The Morgan fingerprint density at radius 1 is 0.968 bits per heavy atom. The number of methoxy groups -OCH3 is 1. The Bertz CT molecular complexity index is 1160. The smallest absolute Gasteiger partial charge is 0.230 e. The van der Waals surface area contributed by atoms with Crippen molar-refractivity contribution in [2.45, 2.75) is 25.2 Å². The number of nitrogens with one attached hydrogen (secondary N) is 2. The predicted octanol–water partition coefficient (Wildman–Crippen LogP) is 5.40. The average Bonchev–Trinajstić information content (AvgIpc) is 3.24.